The molecule has 11 heteroatoms. The Morgan fingerprint density at radius 1 is 0.929 bits per heavy atom. The highest BCUT2D eigenvalue weighted by Gasteiger charge is 2.33. The van der Waals surface area contributed by atoms with Crippen molar-refractivity contribution < 1.29 is 17.2 Å². The lowest BCUT2D eigenvalue weighted by molar-refractivity contribution is 0.378. The molecule has 2 aromatic heterocycles. The van der Waals surface area contributed by atoms with Gasteiger partial charge in [-0.3, -0.25) is 4.98 Å². The zero-order valence-corrected chi connectivity index (χ0v) is 16.1. The van der Waals surface area contributed by atoms with Gasteiger partial charge in [-0.05, 0) is 24.3 Å². The van der Waals surface area contributed by atoms with Crippen molar-refractivity contribution in [1.29, 1.82) is 0 Å². The summed E-state index contributed by atoms with van der Waals surface area (Å²) in [6, 6.07) is 8.51. The number of nitrogens with zero attached hydrogens (tertiary/aromatic N) is 5. The number of anilines is 1. The van der Waals surface area contributed by atoms with Crippen LogP contribution in [0.25, 0.3) is 10.7 Å². The Hall–Kier alpha value is -2.50. The van der Waals surface area contributed by atoms with Crippen LogP contribution in [0.5, 0.6) is 0 Å². The molecule has 0 saturated carbocycles. The van der Waals surface area contributed by atoms with E-state index in [2.05, 4.69) is 15.2 Å². The van der Waals surface area contributed by atoms with Gasteiger partial charge in [0, 0.05) is 32.4 Å². The lowest BCUT2D eigenvalue weighted by Crippen LogP contribution is -2.49. The Balaban J connectivity index is 1.49. The van der Waals surface area contributed by atoms with Crippen molar-refractivity contribution in [3.63, 3.8) is 0 Å². The molecular weight excluding hydrogens is 408 g/mol. The van der Waals surface area contributed by atoms with Gasteiger partial charge in [0.25, 0.3) is 0 Å². The number of piperazine rings is 1. The lowest BCUT2D eigenvalue weighted by atomic mass is 10.3. The van der Waals surface area contributed by atoms with Gasteiger partial charge < -0.3 is 4.90 Å². The van der Waals surface area contributed by atoms with Gasteiger partial charge in [0.15, 0.2) is 9.90 Å². The van der Waals surface area contributed by atoms with Gasteiger partial charge in [0.2, 0.25) is 15.2 Å². The first-order valence-corrected chi connectivity index (χ1v) is 10.7. The van der Waals surface area contributed by atoms with Gasteiger partial charge in [0.05, 0.1) is 0 Å². The van der Waals surface area contributed by atoms with Gasteiger partial charge in [-0.15, -0.1) is 10.2 Å². The largest absolute Gasteiger partial charge is 0.344 e. The number of halogens is 2. The van der Waals surface area contributed by atoms with Gasteiger partial charge in [-0.1, -0.05) is 23.5 Å². The van der Waals surface area contributed by atoms with Crippen LogP contribution in [0.2, 0.25) is 0 Å². The molecule has 1 aromatic carbocycles. The molecule has 4 rings (SSSR count). The highest BCUT2D eigenvalue weighted by molar-refractivity contribution is 7.89. The molecule has 1 aliphatic rings. The third kappa shape index (κ3) is 3.48. The Morgan fingerprint density at radius 3 is 2.29 bits per heavy atom. The Kier molecular flexibility index (Phi) is 5.04. The molecule has 0 unspecified atom stereocenters. The maximum atomic E-state index is 13.9. The number of benzene rings is 1. The summed E-state index contributed by atoms with van der Waals surface area (Å²) in [7, 11) is -4.25. The monoisotopic (exact) mass is 423 g/mol. The second-order valence-corrected chi connectivity index (χ2v) is 8.88. The molecular formula is C17H15F2N5O2S2. The molecule has 3 aromatic rings. The number of aromatic nitrogens is 3. The molecule has 3 heterocycles. The maximum absolute atomic E-state index is 13.9. The minimum atomic E-state index is -4.25. The highest BCUT2D eigenvalue weighted by atomic mass is 32.2. The normalized spacial score (nSPS) is 15.7. The van der Waals surface area contributed by atoms with E-state index in [0.29, 0.717) is 28.9 Å². The molecule has 1 aliphatic heterocycles. The van der Waals surface area contributed by atoms with Gasteiger partial charge >= 0.3 is 0 Å². The number of sulfonamides is 1. The van der Waals surface area contributed by atoms with Crippen molar-refractivity contribution in [3.8, 4) is 10.7 Å². The summed E-state index contributed by atoms with van der Waals surface area (Å²) in [5, 5.41) is 9.60. The number of pyridine rings is 1. The Bertz CT molecular complexity index is 1060. The third-order valence-corrected chi connectivity index (χ3v) is 7.28. The fourth-order valence-electron chi connectivity index (χ4n) is 2.91. The Labute approximate surface area is 164 Å². The average molecular weight is 423 g/mol. The third-order valence-electron chi connectivity index (χ3n) is 4.32. The van der Waals surface area contributed by atoms with E-state index in [4.69, 9.17) is 0 Å². The summed E-state index contributed by atoms with van der Waals surface area (Å²) in [5.41, 5.74) is 0.711. The summed E-state index contributed by atoms with van der Waals surface area (Å²) >= 11 is 1.36. The molecule has 0 aliphatic carbocycles. The molecule has 1 fully saturated rings. The highest BCUT2D eigenvalue weighted by Crippen LogP contribution is 2.29. The van der Waals surface area contributed by atoms with Crippen LogP contribution < -0.4 is 4.90 Å². The zero-order valence-electron chi connectivity index (χ0n) is 14.5. The second-order valence-electron chi connectivity index (χ2n) is 6.05. The van der Waals surface area contributed by atoms with Crippen LogP contribution in [0.4, 0.5) is 13.9 Å². The van der Waals surface area contributed by atoms with Crippen molar-refractivity contribution >= 4 is 26.5 Å². The van der Waals surface area contributed by atoms with E-state index in [-0.39, 0.29) is 13.1 Å². The molecule has 0 amide bonds. The Morgan fingerprint density at radius 2 is 1.64 bits per heavy atom. The number of hydrogen-bond acceptors (Lipinski definition) is 7. The number of rotatable bonds is 4. The van der Waals surface area contributed by atoms with Crippen LogP contribution in [-0.2, 0) is 10.0 Å². The van der Waals surface area contributed by atoms with E-state index < -0.39 is 26.6 Å². The van der Waals surface area contributed by atoms with Crippen molar-refractivity contribution in [2.45, 2.75) is 4.90 Å². The summed E-state index contributed by atoms with van der Waals surface area (Å²) in [4.78, 5) is 5.22. The minimum absolute atomic E-state index is 0.0919. The van der Waals surface area contributed by atoms with Crippen LogP contribution >= 0.6 is 11.3 Å². The van der Waals surface area contributed by atoms with E-state index in [1.54, 1.807) is 6.20 Å². The molecule has 0 bridgehead atoms. The SMILES string of the molecule is O=S(=O)(c1c(F)cccc1F)N1CCN(c2nnc(-c3ccccn3)s2)CC1. The molecule has 1 saturated heterocycles. The lowest BCUT2D eigenvalue weighted by Gasteiger charge is -2.33. The van der Waals surface area contributed by atoms with Crippen LogP contribution in [-0.4, -0.2) is 54.1 Å². The van der Waals surface area contributed by atoms with Crippen molar-refractivity contribution in [3.05, 3.63) is 54.2 Å². The summed E-state index contributed by atoms with van der Waals surface area (Å²) < 4.78 is 54.3. The minimum Gasteiger partial charge on any atom is -0.344 e. The topological polar surface area (TPSA) is 79.3 Å². The quantitative estimate of drug-likeness (QED) is 0.641. The summed E-state index contributed by atoms with van der Waals surface area (Å²) in [5.74, 6) is -2.18. The van der Waals surface area contributed by atoms with Crippen molar-refractivity contribution in [2.75, 3.05) is 31.1 Å². The predicted octanol–water partition coefficient (Wildman–Crippen LogP) is 2.39. The molecule has 146 valence electrons. The molecule has 0 atom stereocenters. The van der Waals surface area contributed by atoms with Gasteiger partial charge in [-0.25, -0.2) is 17.2 Å². The first-order valence-electron chi connectivity index (χ1n) is 8.41. The molecule has 0 radical (unpaired) electrons. The van der Waals surface area contributed by atoms with Crippen LogP contribution in [0.3, 0.4) is 0 Å². The molecule has 7 nitrogen and oxygen atoms in total. The first kappa shape index (κ1) is 18.8. The molecule has 0 spiro atoms. The predicted molar refractivity (Wildman–Crippen MR) is 100 cm³/mol. The average Bonchev–Trinajstić information content (AvgIpc) is 3.19. The zero-order chi connectivity index (χ0) is 19.7. The van der Waals surface area contributed by atoms with Crippen LogP contribution in [0.15, 0.2) is 47.5 Å². The standard InChI is InChI=1S/C17H15F2N5O2S2/c18-12-4-3-5-13(19)15(12)28(25,26)24-10-8-23(9-11-24)17-22-21-16(27-17)14-6-1-2-7-20-14/h1-7H,8-11H2. The smallest absolute Gasteiger partial charge is 0.249 e. The van der Waals surface area contributed by atoms with E-state index >= 15 is 0 Å². The second kappa shape index (κ2) is 7.49. The number of hydrogen-bond donors (Lipinski definition) is 0. The summed E-state index contributed by atoms with van der Waals surface area (Å²) in [6.45, 7) is 0.863. The van der Waals surface area contributed by atoms with E-state index in [9.17, 15) is 17.2 Å². The van der Waals surface area contributed by atoms with Crippen molar-refractivity contribution in [1.82, 2.24) is 19.5 Å². The van der Waals surface area contributed by atoms with Crippen LogP contribution in [0.1, 0.15) is 0 Å². The van der Waals surface area contributed by atoms with E-state index in [0.717, 1.165) is 22.5 Å². The van der Waals surface area contributed by atoms with Gasteiger partial charge in [0.1, 0.15) is 17.3 Å². The fraction of sp³-hybridized carbons (Fsp3) is 0.235. The van der Waals surface area contributed by atoms with Gasteiger partial charge in [-0.2, -0.15) is 4.31 Å². The summed E-state index contributed by atoms with van der Waals surface area (Å²) in [6.07, 6.45) is 1.67. The van der Waals surface area contributed by atoms with E-state index in [1.165, 1.54) is 11.3 Å². The first-order chi connectivity index (χ1) is 13.5. The van der Waals surface area contributed by atoms with Crippen molar-refractivity contribution in [2.24, 2.45) is 0 Å². The van der Waals surface area contributed by atoms with Crippen LogP contribution in [0, 0.1) is 11.6 Å². The van der Waals surface area contributed by atoms with E-state index in [1.807, 2.05) is 23.1 Å². The maximum Gasteiger partial charge on any atom is 0.249 e. The fourth-order valence-corrected chi connectivity index (χ4v) is 5.32. The molecule has 0 N–H and O–H groups in total. The molecule has 28 heavy (non-hydrogen) atoms.